The minimum Gasteiger partial charge on any atom is -0.323 e. The van der Waals surface area contributed by atoms with Crippen LogP contribution >= 0.6 is 28.6 Å². The minimum atomic E-state index is -2.34. The van der Waals surface area contributed by atoms with Crippen LogP contribution in [0.5, 0.6) is 0 Å². The van der Waals surface area contributed by atoms with Crippen LogP contribution in [0.2, 0.25) is 0 Å². The third-order valence-electron chi connectivity index (χ3n) is 22.8. The van der Waals surface area contributed by atoms with Crippen molar-refractivity contribution >= 4 is 164 Å². The van der Waals surface area contributed by atoms with Gasteiger partial charge in [-0.15, -0.1) is 0 Å². The molecule has 0 aliphatic heterocycles. The van der Waals surface area contributed by atoms with Gasteiger partial charge in [-0.2, -0.15) is 0 Å². The predicted molar refractivity (Wildman–Crippen MR) is 514 cm³/mol. The summed E-state index contributed by atoms with van der Waals surface area (Å²) in [7, 11) is -9.14. The molecule has 0 radical (unpaired) electrons. The van der Waals surface area contributed by atoms with Gasteiger partial charge in [-0.05, 0) is 168 Å². The molecular weight excluding hydrogens is 1530 g/mol. The standard InChI is InChI=1S/C31H24NOP.C26H22NOP.2C25H20NOP/c1-34(2,33)25-17-14-21(15-18-25)23-9-7-10-24(20-23)30-27-12-5-6-13-29(27)32-31-26-11-4-3-8-22(26)16-19-28(30)31;1-29(2,28)24-8-5-7-22(16-24)19-10-12-20(13-11-19)23-17-26-25-9-4-3-6-21(25)14-15-27(26)18-23;1-28(2,27)19-10-7-9-18(16-19)24-21-12-5-6-13-23(21)26-25-20-11-4-3-8-17(20)14-15-22(24)25;1-28(2,27)19-14-11-18(12-15-19)24-21-9-5-6-10-23(21)26-25-20-8-4-3-7-17(20)13-16-22(24)25/h3-20H,1-2H3;3-18H,1-2H3;2*3-16H,1-2H3. The van der Waals surface area contributed by atoms with Crippen LogP contribution < -0.4 is 21.2 Å². The maximum atomic E-state index is 12.7. The number of para-hydroxylation sites is 3. The largest absolute Gasteiger partial charge is 0.323 e. The average Bonchev–Trinajstić information content (AvgIpc) is 1.34. The summed E-state index contributed by atoms with van der Waals surface area (Å²) in [5, 5.41) is 20.0. The first-order valence-corrected chi connectivity index (χ1v) is 50.4. The highest BCUT2D eigenvalue weighted by Gasteiger charge is 2.22. The van der Waals surface area contributed by atoms with E-state index in [2.05, 4.69) is 314 Å². The molecule has 21 aromatic rings. The molecular formula is C107H86N4O4P4. The van der Waals surface area contributed by atoms with Crippen molar-refractivity contribution in [1.29, 1.82) is 0 Å². The van der Waals surface area contributed by atoms with Crippen molar-refractivity contribution in [2.75, 3.05) is 53.3 Å². The van der Waals surface area contributed by atoms with E-state index in [0.717, 1.165) is 142 Å². The Bertz CT molecular complexity index is 7790. The molecule has 578 valence electrons. The van der Waals surface area contributed by atoms with Crippen LogP contribution in [-0.2, 0) is 18.3 Å². The molecule has 0 spiro atoms. The van der Waals surface area contributed by atoms with Crippen LogP contribution in [0.3, 0.4) is 0 Å². The van der Waals surface area contributed by atoms with Gasteiger partial charge in [-0.1, -0.05) is 315 Å². The van der Waals surface area contributed by atoms with Gasteiger partial charge in [0, 0.05) is 110 Å². The molecule has 0 N–H and O–H groups in total. The SMILES string of the molecule is CP(C)(=O)c1ccc(-c2c3ccccc3nc3c2ccc2ccccc23)cc1.CP(C)(=O)c1ccc(-c2cccc(-c3c4ccccc4nc4c3ccc3ccccc34)c2)cc1.CP(C)(=O)c1cccc(-c2c3ccccc3nc3c2ccc2ccccc23)c1.CP(C)(=O)c1cccc(-c2ccc(-c3cc4c5ccccc5ccn4c3)cc2)c1. The minimum absolute atomic E-state index is 0.903. The zero-order chi connectivity index (χ0) is 81.9. The molecule has 0 unspecified atom stereocenters. The zero-order valence-electron chi connectivity index (χ0n) is 67.5. The van der Waals surface area contributed by atoms with E-state index in [4.69, 9.17) is 15.0 Å². The highest BCUT2D eigenvalue weighted by Crippen LogP contribution is 2.45. The number of rotatable bonds is 10. The number of pyridine rings is 4. The normalized spacial score (nSPS) is 12.0. The van der Waals surface area contributed by atoms with Crippen molar-refractivity contribution in [1.82, 2.24) is 19.4 Å². The van der Waals surface area contributed by atoms with Crippen molar-refractivity contribution in [2.24, 2.45) is 0 Å². The zero-order valence-corrected chi connectivity index (χ0v) is 71.1. The van der Waals surface area contributed by atoms with Crippen LogP contribution in [0.15, 0.2) is 376 Å². The first kappa shape index (κ1) is 77.5. The molecule has 8 nitrogen and oxygen atoms in total. The number of benzene rings is 16. The lowest BCUT2D eigenvalue weighted by molar-refractivity contribution is 0.587. The van der Waals surface area contributed by atoms with E-state index in [1.165, 1.54) is 60.1 Å². The second kappa shape index (κ2) is 31.6. The summed E-state index contributed by atoms with van der Waals surface area (Å²) in [6.07, 6.45) is 4.30. The summed E-state index contributed by atoms with van der Waals surface area (Å²) in [6, 6.07) is 126. The van der Waals surface area contributed by atoms with Crippen molar-refractivity contribution in [2.45, 2.75) is 0 Å². The summed E-state index contributed by atoms with van der Waals surface area (Å²) in [4.78, 5) is 15.1. The van der Waals surface area contributed by atoms with Crippen molar-refractivity contribution in [3.05, 3.63) is 376 Å². The lowest BCUT2D eigenvalue weighted by Crippen LogP contribution is -2.02. The van der Waals surface area contributed by atoms with Crippen LogP contribution in [0.1, 0.15) is 0 Å². The topological polar surface area (TPSA) is 111 Å². The highest BCUT2D eigenvalue weighted by molar-refractivity contribution is 7.71. The molecule has 0 atom stereocenters. The van der Waals surface area contributed by atoms with Gasteiger partial charge >= 0.3 is 0 Å². The number of nitrogens with zero attached hydrogens (tertiary/aromatic N) is 4. The van der Waals surface area contributed by atoms with Gasteiger partial charge in [0.15, 0.2) is 0 Å². The summed E-state index contributed by atoms with van der Waals surface area (Å²) in [5.41, 5.74) is 21.0. The maximum absolute atomic E-state index is 12.7. The molecule has 16 aromatic carbocycles. The number of aromatic nitrogens is 4. The summed E-state index contributed by atoms with van der Waals surface area (Å²) in [6.45, 7) is 14.5. The van der Waals surface area contributed by atoms with E-state index < -0.39 is 28.6 Å². The van der Waals surface area contributed by atoms with E-state index in [1.54, 1.807) is 0 Å². The van der Waals surface area contributed by atoms with Gasteiger partial charge < -0.3 is 22.7 Å². The van der Waals surface area contributed by atoms with Crippen molar-refractivity contribution < 1.29 is 18.3 Å². The Morgan fingerprint density at radius 3 is 0.924 bits per heavy atom. The van der Waals surface area contributed by atoms with Crippen LogP contribution in [0.4, 0.5) is 0 Å². The molecule has 0 aliphatic carbocycles. The molecule has 0 saturated carbocycles. The first-order chi connectivity index (χ1) is 57.5. The Morgan fingerprint density at radius 2 is 0.513 bits per heavy atom. The molecule has 0 amide bonds. The monoisotopic (exact) mass is 1610 g/mol. The fourth-order valence-electron chi connectivity index (χ4n) is 16.5. The first-order valence-electron chi connectivity index (χ1n) is 40.0. The van der Waals surface area contributed by atoms with E-state index in [-0.39, 0.29) is 0 Å². The van der Waals surface area contributed by atoms with Gasteiger partial charge in [0.2, 0.25) is 0 Å². The Labute approximate surface area is 693 Å². The second-order valence-corrected chi connectivity index (χ2v) is 45.1. The lowest BCUT2D eigenvalue weighted by Gasteiger charge is -2.15. The molecule has 12 heteroatoms. The van der Waals surface area contributed by atoms with Crippen LogP contribution in [0.25, 0.3) is 181 Å². The maximum Gasteiger partial charge on any atom is 0.109 e. The Balaban J connectivity index is 0.000000109. The van der Waals surface area contributed by atoms with Crippen LogP contribution in [0, 0.1) is 0 Å². The third-order valence-corrected chi connectivity index (χ3v) is 28.9. The molecule has 0 bridgehead atoms. The van der Waals surface area contributed by atoms with Gasteiger partial charge in [0.1, 0.15) is 28.6 Å². The van der Waals surface area contributed by atoms with Gasteiger partial charge in [-0.3, -0.25) is 0 Å². The molecule has 5 heterocycles. The molecule has 119 heavy (non-hydrogen) atoms. The predicted octanol–water partition coefficient (Wildman–Crippen LogP) is 27.7. The Hall–Kier alpha value is -12.8. The third kappa shape index (κ3) is 15.6. The van der Waals surface area contributed by atoms with E-state index in [0.29, 0.717) is 0 Å². The fraction of sp³-hybridized carbons (Fsp3) is 0.0748. The Morgan fingerprint density at radius 1 is 0.210 bits per heavy atom. The van der Waals surface area contributed by atoms with E-state index in [1.807, 2.05) is 120 Å². The number of hydrogen-bond acceptors (Lipinski definition) is 7. The van der Waals surface area contributed by atoms with Crippen LogP contribution in [-0.4, -0.2) is 72.7 Å². The fourth-order valence-corrected chi connectivity index (χ4v) is 20.1. The van der Waals surface area contributed by atoms with Gasteiger partial charge in [0.25, 0.3) is 0 Å². The molecule has 0 fully saturated rings. The molecule has 5 aromatic heterocycles. The number of fused-ring (bicyclic) bond motifs is 15. The summed E-state index contributed by atoms with van der Waals surface area (Å²) >= 11 is 0. The highest BCUT2D eigenvalue weighted by atomic mass is 31.2. The number of hydrogen-bond donors (Lipinski definition) is 0. The van der Waals surface area contributed by atoms with Gasteiger partial charge in [-0.25, -0.2) is 15.0 Å². The summed E-state index contributed by atoms with van der Waals surface area (Å²) in [5.74, 6) is 0. The average molecular weight is 1620 g/mol. The van der Waals surface area contributed by atoms with Gasteiger partial charge in [0.05, 0.1) is 38.6 Å². The quantitative estimate of drug-likeness (QED) is 0.0762. The smallest absolute Gasteiger partial charge is 0.109 e. The molecule has 0 saturated heterocycles. The lowest BCUT2D eigenvalue weighted by atomic mass is 9.92. The summed E-state index contributed by atoms with van der Waals surface area (Å²) < 4.78 is 52.2. The molecule has 21 rings (SSSR count). The second-order valence-electron chi connectivity index (χ2n) is 32.2. The van der Waals surface area contributed by atoms with Crippen molar-refractivity contribution in [3.63, 3.8) is 0 Å². The van der Waals surface area contributed by atoms with E-state index in [9.17, 15) is 18.3 Å². The molecule has 0 aliphatic rings. The Kier molecular flexibility index (Phi) is 20.6. The van der Waals surface area contributed by atoms with E-state index >= 15 is 0 Å². The van der Waals surface area contributed by atoms with Crippen molar-refractivity contribution in [3.8, 4) is 66.8 Å².